The van der Waals surface area contributed by atoms with Crippen LogP contribution in [-0.4, -0.2) is 27.7 Å². The average molecular weight is 284 g/mol. The summed E-state index contributed by atoms with van der Waals surface area (Å²) in [4.78, 5) is 19.5. The highest BCUT2D eigenvalue weighted by Gasteiger charge is 2.18. The van der Waals surface area contributed by atoms with Crippen molar-refractivity contribution in [1.29, 1.82) is 0 Å². The number of hydrogen-bond donors (Lipinski definition) is 2. The predicted octanol–water partition coefficient (Wildman–Crippen LogP) is 2.69. The second kappa shape index (κ2) is 5.18. The molecule has 0 bridgehead atoms. The number of nitrogens with zero attached hydrogens (tertiary/aromatic N) is 1. The minimum absolute atomic E-state index is 0.0548. The van der Waals surface area contributed by atoms with Gasteiger partial charge in [0, 0.05) is 16.3 Å². The molecule has 108 valence electrons. The molecule has 2 N–H and O–H groups in total. The first-order valence-electron chi connectivity index (χ1n) is 6.84. The molecular weight excluding hydrogens is 268 g/mol. The monoisotopic (exact) mass is 284 g/mol. The molecule has 5 heteroatoms. The topological polar surface area (TPSA) is 75.2 Å². The number of ether oxygens (including phenoxy) is 1. The number of aromatic amines is 1. The first-order chi connectivity index (χ1) is 10.2. The first kappa shape index (κ1) is 13.6. The lowest BCUT2D eigenvalue weighted by Crippen LogP contribution is -2.09. The zero-order valence-corrected chi connectivity index (χ0v) is 11.9. The number of pyridine rings is 1. The molecule has 21 heavy (non-hydrogen) atoms. The van der Waals surface area contributed by atoms with Crippen LogP contribution < -0.4 is 0 Å². The number of fused-ring (bicyclic) bond motifs is 3. The van der Waals surface area contributed by atoms with Crippen molar-refractivity contribution in [3.8, 4) is 0 Å². The Morgan fingerprint density at radius 3 is 2.86 bits per heavy atom. The summed E-state index contributed by atoms with van der Waals surface area (Å²) in [7, 11) is 0. The third-order valence-electron chi connectivity index (χ3n) is 3.63. The molecule has 0 fully saturated rings. The van der Waals surface area contributed by atoms with Gasteiger partial charge in [-0.2, -0.15) is 0 Å². The fourth-order valence-electron chi connectivity index (χ4n) is 2.71. The maximum absolute atomic E-state index is 12.0. The van der Waals surface area contributed by atoms with Crippen molar-refractivity contribution in [2.45, 2.75) is 20.5 Å². The number of aromatic nitrogens is 2. The van der Waals surface area contributed by atoms with Crippen LogP contribution in [0.4, 0.5) is 0 Å². The Hall–Kier alpha value is -2.40. The van der Waals surface area contributed by atoms with Gasteiger partial charge in [-0.15, -0.1) is 0 Å². The first-order valence-corrected chi connectivity index (χ1v) is 6.84. The van der Waals surface area contributed by atoms with Crippen molar-refractivity contribution in [2.24, 2.45) is 0 Å². The fraction of sp³-hybridized carbons (Fsp3) is 0.250. The second-order valence-electron chi connectivity index (χ2n) is 4.86. The molecular formula is C16H16N2O3. The third kappa shape index (κ3) is 2.06. The van der Waals surface area contributed by atoms with Gasteiger partial charge in [0.1, 0.15) is 0 Å². The summed E-state index contributed by atoms with van der Waals surface area (Å²) in [5, 5.41) is 11.4. The summed E-state index contributed by atoms with van der Waals surface area (Å²) in [6.07, 6.45) is 1.63. The molecule has 5 nitrogen and oxygen atoms in total. The largest absolute Gasteiger partial charge is 0.461 e. The van der Waals surface area contributed by atoms with Crippen molar-refractivity contribution in [3.63, 3.8) is 0 Å². The molecule has 1 aromatic carbocycles. The number of H-pyrrole nitrogens is 1. The minimum atomic E-state index is -0.423. The Bertz CT molecular complexity index is 836. The van der Waals surface area contributed by atoms with Gasteiger partial charge in [-0.25, -0.2) is 9.78 Å². The zero-order valence-electron chi connectivity index (χ0n) is 11.9. The van der Waals surface area contributed by atoms with E-state index in [1.807, 2.05) is 25.1 Å². The number of esters is 1. The number of benzene rings is 1. The lowest BCUT2D eigenvalue weighted by atomic mass is 10.0. The number of rotatable bonds is 3. The van der Waals surface area contributed by atoms with Crippen molar-refractivity contribution in [1.82, 2.24) is 9.97 Å². The van der Waals surface area contributed by atoms with Crippen molar-refractivity contribution >= 4 is 27.8 Å². The van der Waals surface area contributed by atoms with Gasteiger partial charge in [0.15, 0.2) is 5.69 Å². The number of carbonyl (C=O) groups is 1. The van der Waals surface area contributed by atoms with Crippen LogP contribution in [0.5, 0.6) is 0 Å². The highest BCUT2D eigenvalue weighted by molar-refractivity contribution is 6.12. The van der Waals surface area contributed by atoms with E-state index in [0.29, 0.717) is 12.3 Å². The minimum Gasteiger partial charge on any atom is -0.461 e. The van der Waals surface area contributed by atoms with E-state index in [1.165, 1.54) is 0 Å². The molecule has 2 aromatic heterocycles. The predicted molar refractivity (Wildman–Crippen MR) is 80.2 cm³/mol. The fourth-order valence-corrected chi connectivity index (χ4v) is 2.71. The summed E-state index contributed by atoms with van der Waals surface area (Å²) in [5.41, 5.74) is 3.66. The molecule has 0 saturated carbocycles. The van der Waals surface area contributed by atoms with E-state index >= 15 is 0 Å². The van der Waals surface area contributed by atoms with Gasteiger partial charge in [-0.1, -0.05) is 12.1 Å². The lowest BCUT2D eigenvalue weighted by molar-refractivity contribution is 0.0519. The van der Waals surface area contributed by atoms with Crippen LogP contribution in [0.15, 0.2) is 24.4 Å². The van der Waals surface area contributed by atoms with Gasteiger partial charge in [-0.05, 0) is 31.0 Å². The van der Waals surface area contributed by atoms with Gasteiger partial charge in [0.05, 0.1) is 24.9 Å². The molecule has 3 rings (SSSR count). The highest BCUT2D eigenvalue weighted by atomic mass is 16.5. The third-order valence-corrected chi connectivity index (χ3v) is 3.63. The molecule has 0 aliphatic rings. The van der Waals surface area contributed by atoms with Crippen LogP contribution in [0.3, 0.4) is 0 Å². The number of carbonyl (C=O) groups excluding carboxylic acids is 1. The molecule has 0 saturated heterocycles. The molecule has 0 aliphatic heterocycles. The van der Waals surface area contributed by atoms with Gasteiger partial charge in [0.25, 0.3) is 0 Å². The zero-order chi connectivity index (χ0) is 15.0. The van der Waals surface area contributed by atoms with Gasteiger partial charge in [-0.3, -0.25) is 0 Å². The van der Waals surface area contributed by atoms with E-state index < -0.39 is 5.97 Å². The highest BCUT2D eigenvalue weighted by Crippen LogP contribution is 2.31. The Morgan fingerprint density at radius 2 is 2.14 bits per heavy atom. The van der Waals surface area contributed by atoms with E-state index in [9.17, 15) is 9.90 Å². The summed E-state index contributed by atoms with van der Waals surface area (Å²) in [6, 6.07) is 5.70. The Balaban J connectivity index is 2.36. The van der Waals surface area contributed by atoms with Crippen LogP contribution in [0.1, 0.15) is 28.5 Å². The number of hydrogen-bond acceptors (Lipinski definition) is 4. The summed E-state index contributed by atoms with van der Waals surface area (Å²) in [6.45, 7) is 3.87. The summed E-state index contributed by atoms with van der Waals surface area (Å²) < 4.78 is 5.04. The summed E-state index contributed by atoms with van der Waals surface area (Å²) >= 11 is 0. The molecule has 0 atom stereocenters. The van der Waals surface area contributed by atoms with E-state index in [1.54, 1.807) is 13.1 Å². The molecule has 0 amide bonds. The molecule has 2 heterocycles. The SMILES string of the molecule is CCOC(=O)c1ncc2[nH]c3cccc(CO)c3c2c1C. The van der Waals surface area contributed by atoms with Gasteiger partial charge in [0.2, 0.25) is 0 Å². The Kier molecular flexibility index (Phi) is 3.35. The van der Waals surface area contributed by atoms with Crippen LogP contribution in [0.25, 0.3) is 21.8 Å². The lowest BCUT2D eigenvalue weighted by Gasteiger charge is -2.06. The maximum Gasteiger partial charge on any atom is 0.357 e. The molecule has 0 unspecified atom stereocenters. The maximum atomic E-state index is 12.0. The average Bonchev–Trinajstić information content (AvgIpc) is 2.86. The van der Waals surface area contributed by atoms with E-state index in [2.05, 4.69) is 9.97 Å². The Labute approximate surface area is 121 Å². The second-order valence-corrected chi connectivity index (χ2v) is 4.86. The Morgan fingerprint density at radius 1 is 1.33 bits per heavy atom. The quantitative estimate of drug-likeness (QED) is 0.725. The van der Waals surface area contributed by atoms with E-state index in [0.717, 1.165) is 32.9 Å². The number of aryl methyl sites for hydroxylation is 1. The summed E-state index contributed by atoms with van der Waals surface area (Å²) in [5.74, 6) is -0.423. The number of nitrogens with one attached hydrogen (secondary N) is 1. The molecule has 0 spiro atoms. The standard InChI is InChI=1S/C16H16N2O3/c1-3-21-16(20)15-9(2)13-12(7-17-15)18-11-6-4-5-10(8-19)14(11)13/h4-7,18-19H,3,8H2,1-2H3. The van der Waals surface area contributed by atoms with Gasteiger partial charge >= 0.3 is 5.97 Å². The van der Waals surface area contributed by atoms with E-state index in [4.69, 9.17) is 4.74 Å². The van der Waals surface area contributed by atoms with Crippen LogP contribution in [0, 0.1) is 6.92 Å². The smallest absolute Gasteiger partial charge is 0.357 e. The van der Waals surface area contributed by atoms with Crippen molar-refractivity contribution < 1.29 is 14.6 Å². The van der Waals surface area contributed by atoms with Crippen molar-refractivity contribution in [3.05, 3.63) is 41.2 Å². The van der Waals surface area contributed by atoms with Crippen LogP contribution in [0.2, 0.25) is 0 Å². The van der Waals surface area contributed by atoms with Gasteiger partial charge < -0.3 is 14.8 Å². The van der Waals surface area contributed by atoms with Crippen molar-refractivity contribution in [2.75, 3.05) is 6.61 Å². The normalized spacial score (nSPS) is 11.2. The van der Waals surface area contributed by atoms with Crippen LogP contribution >= 0.6 is 0 Å². The van der Waals surface area contributed by atoms with E-state index in [-0.39, 0.29) is 6.61 Å². The number of aliphatic hydroxyl groups excluding tert-OH is 1. The van der Waals surface area contributed by atoms with Crippen LogP contribution in [-0.2, 0) is 11.3 Å². The number of aliphatic hydroxyl groups is 1. The molecule has 3 aromatic rings. The molecule has 0 radical (unpaired) electrons. The molecule has 0 aliphatic carbocycles.